The Morgan fingerprint density at radius 3 is 2.60 bits per heavy atom. The van der Waals surface area contributed by atoms with E-state index in [4.69, 9.17) is 10.2 Å². The topological polar surface area (TPSA) is 53.4 Å². The molecule has 0 bridgehead atoms. The van der Waals surface area contributed by atoms with E-state index in [0.717, 1.165) is 15.2 Å². The van der Waals surface area contributed by atoms with E-state index in [0.29, 0.717) is 6.42 Å². The van der Waals surface area contributed by atoms with Crippen molar-refractivity contribution < 1.29 is 10.2 Å². The highest BCUT2D eigenvalue weighted by molar-refractivity contribution is 7.18. The van der Waals surface area contributed by atoms with Gasteiger partial charge in [-0.25, -0.2) is 4.98 Å². The summed E-state index contributed by atoms with van der Waals surface area (Å²) in [5.74, 6) is -0.0921. The van der Waals surface area contributed by atoms with E-state index >= 15 is 0 Å². The maximum absolute atomic E-state index is 8.98. The molecule has 1 aromatic heterocycles. The SMILES string of the molecule is OCC(CO)Cc1nc2ccccc2s1. The normalized spacial score (nSPS) is 11.4. The summed E-state index contributed by atoms with van der Waals surface area (Å²) in [5.41, 5.74) is 0.993. The maximum Gasteiger partial charge on any atom is 0.0943 e. The number of para-hydroxylation sites is 1. The van der Waals surface area contributed by atoms with E-state index < -0.39 is 0 Å². The Morgan fingerprint density at radius 2 is 1.93 bits per heavy atom. The molecule has 0 aliphatic rings. The summed E-state index contributed by atoms with van der Waals surface area (Å²) < 4.78 is 1.15. The van der Waals surface area contributed by atoms with Crippen molar-refractivity contribution in [3.8, 4) is 0 Å². The van der Waals surface area contributed by atoms with E-state index in [-0.39, 0.29) is 19.1 Å². The molecule has 0 fully saturated rings. The van der Waals surface area contributed by atoms with E-state index in [1.165, 1.54) is 0 Å². The van der Waals surface area contributed by atoms with Crippen molar-refractivity contribution in [3.63, 3.8) is 0 Å². The van der Waals surface area contributed by atoms with Crippen LogP contribution in [0.15, 0.2) is 24.3 Å². The second kappa shape index (κ2) is 4.70. The zero-order chi connectivity index (χ0) is 10.7. The minimum atomic E-state index is -0.0921. The van der Waals surface area contributed by atoms with Crippen LogP contribution in [0.4, 0.5) is 0 Å². The first-order chi connectivity index (χ1) is 7.33. The lowest BCUT2D eigenvalue weighted by atomic mass is 10.1. The Labute approximate surface area is 92.0 Å². The van der Waals surface area contributed by atoms with Gasteiger partial charge >= 0.3 is 0 Å². The van der Waals surface area contributed by atoms with Crippen molar-refractivity contribution in [1.29, 1.82) is 0 Å². The fourth-order valence-electron chi connectivity index (χ4n) is 1.44. The Morgan fingerprint density at radius 1 is 1.20 bits per heavy atom. The van der Waals surface area contributed by atoms with Gasteiger partial charge in [0.2, 0.25) is 0 Å². The lowest BCUT2D eigenvalue weighted by molar-refractivity contribution is 0.150. The predicted molar refractivity (Wildman–Crippen MR) is 61.0 cm³/mol. The average molecular weight is 223 g/mol. The van der Waals surface area contributed by atoms with Crippen LogP contribution in [0.2, 0.25) is 0 Å². The summed E-state index contributed by atoms with van der Waals surface area (Å²) >= 11 is 1.62. The molecule has 0 aliphatic heterocycles. The van der Waals surface area contributed by atoms with Crippen molar-refractivity contribution >= 4 is 21.6 Å². The van der Waals surface area contributed by atoms with E-state index in [1.54, 1.807) is 11.3 Å². The van der Waals surface area contributed by atoms with Crippen LogP contribution in [0, 0.1) is 5.92 Å². The lowest BCUT2D eigenvalue weighted by Gasteiger charge is -2.06. The van der Waals surface area contributed by atoms with E-state index in [9.17, 15) is 0 Å². The maximum atomic E-state index is 8.98. The number of hydrogen-bond acceptors (Lipinski definition) is 4. The molecule has 2 aromatic rings. The van der Waals surface area contributed by atoms with Gasteiger partial charge in [-0.2, -0.15) is 0 Å². The number of aromatic nitrogens is 1. The summed E-state index contributed by atoms with van der Waals surface area (Å²) in [6.07, 6.45) is 0.645. The van der Waals surface area contributed by atoms with Crippen LogP contribution in [-0.4, -0.2) is 28.4 Å². The first-order valence-electron chi connectivity index (χ1n) is 4.89. The Hall–Kier alpha value is -0.970. The minimum Gasteiger partial charge on any atom is -0.396 e. The van der Waals surface area contributed by atoms with Gasteiger partial charge in [-0.1, -0.05) is 12.1 Å². The molecule has 15 heavy (non-hydrogen) atoms. The van der Waals surface area contributed by atoms with Crippen molar-refractivity contribution in [2.24, 2.45) is 5.92 Å². The third-order valence-electron chi connectivity index (χ3n) is 2.32. The molecule has 0 amide bonds. The zero-order valence-electron chi connectivity index (χ0n) is 8.26. The molecular weight excluding hydrogens is 210 g/mol. The molecule has 4 heteroatoms. The Balaban J connectivity index is 2.21. The third kappa shape index (κ3) is 2.34. The number of fused-ring (bicyclic) bond motifs is 1. The average Bonchev–Trinajstić information content (AvgIpc) is 2.68. The van der Waals surface area contributed by atoms with E-state index in [2.05, 4.69) is 4.98 Å². The van der Waals surface area contributed by atoms with Gasteiger partial charge < -0.3 is 10.2 Å². The highest BCUT2D eigenvalue weighted by atomic mass is 32.1. The zero-order valence-corrected chi connectivity index (χ0v) is 9.07. The van der Waals surface area contributed by atoms with E-state index in [1.807, 2.05) is 24.3 Å². The molecule has 0 aliphatic carbocycles. The molecule has 0 radical (unpaired) electrons. The summed E-state index contributed by atoms with van der Waals surface area (Å²) in [4.78, 5) is 4.44. The van der Waals surface area contributed by atoms with Crippen LogP contribution in [0.1, 0.15) is 5.01 Å². The molecule has 80 valence electrons. The standard InChI is InChI=1S/C11H13NO2S/c13-6-8(7-14)5-11-12-9-3-1-2-4-10(9)15-11/h1-4,8,13-14H,5-7H2. The first-order valence-corrected chi connectivity index (χ1v) is 5.71. The van der Waals surface area contributed by atoms with Crippen molar-refractivity contribution in [2.75, 3.05) is 13.2 Å². The fraction of sp³-hybridized carbons (Fsp3) is 0.364. The molecule has 0 saturated heterocycles. The Kier molecular flexibility index (Phi) is 3.30. The van der Waals surface area contributed by atoms with Gasteiger partial charge in [-0.15, -0.1) is 11.3 Å². The number of hydrogen-bond donors (Lipinski definition) is 2. The fourth-order valence-corrected chi connectivity index (χ4v) is 2.52. The molecule has 1 heterocycles. The summed E-state index contributed by atoms with van der Waals surface area (Å²) in [6.45, 7) is 0.0127. The first kappa shape index (κ1) is 10.5. The number of aliphatic hydroxyl groups is 2. The minimum absolute atomic E-state index is 0.00637. The second-order valence-electron chi connectivity index (χ2n) is 3.51. The molecule has 3 nitrogen and oxygen atoms in total. The molecule has 0 atom stereocenters. The molecule has 2 N–H and O–H groups in total. The summed E-state index contributed by atoms with van der Waals surface area (Å²) in [7, 11) is 0. The molecule has 0 spiro atoms. The van der Waals surface area contributed by atoms with Crippen molar-refractivity contribution in [2.45, 2.75) is 6.42 Å². The highest BCUT2D eigenvalue weighted by Gasteiger charge is 2.10. The smallest absolute Gasteiger partial charge is 0.0943 e. The molecule has 1 aromatic carbocycles. The second-order valence-corrected chi connectivity index (χ2v) is 4.63. The molecule has 0 unspecified atom stereocenters. The van der Waals surface area contributed by atoms with Crippen LogP contribution < -0.4 is 0 Å². The largest absolute Gasteiger partial charge is 0.396 e. The van der Waals surface area contributed by atoms with Crippen LogP contribution in [-0.2, 0) is 6.42 Å². The molecular formula is C11H13NO2S. The van der Waals surface area contributed by atoms with Crippen LogP contribution in [0.25, 0.3) is 10.2 Å². The number of benzene rings is 1. The van der Waals surface area contributed by atoms with Gasteiger partial charge in [-0.05, 0) is 12.1 Å². The van der Waals surface area contributed by atoms with Gasteiger partial charge in [0.1, 0.15) is 0 Å². The predicted octanol–water partition coefficient (Wildman–Crippen LogP) is 1.44. The summed E-state index contributed by atoms with van der Waals surface area (Å²) in [6, 6.07) is 7.95. The third-order valence-corrected chi connectivity index (χ3v) is 3.38. The highest BCUT2D eigenvalue weighted by Crippen LogP contribution is 2.23. The molecule has 2 rings (SSSR count). The monoisotopic (exact) mass is 223 g/mol. The lowest BCUT2D eigenvalue weighted by Crippen LogP contribution is -2.13. The van der Waals surface area contributed by atoms with Gasteiger partial charge in [0.05, 0.1) is 15.2 Å². The Bertz CT molecular complexity index is 404. The number of nitrogens with zero attached hydrogens (tertiary/aromatic N) is 1. The van der Waals surface area contributed by atoms with Gasteiger partial charge in [0, 0.05) is 25.6 Å². The van der Waals surface area contributed by atoms with Gasteiger partial charge in [0.25, 0.3) is 0 Å². The van der Waals surface area contributed by atoms with Gasteiger partial charge in [0.15, 0.2) is 0 Å². The van der Waals surface area contributed by atoms with Crippen LogP contribution in [0.3, 0.4) is 0 Å². The van der Waals surface area contributed by atoms with Crippen molar-refractivity contribution in [1.82, 2.24) is 4.98 Å². The quantitative estimate of drug-likeness (QED) is 0.824. The summed E-state index contributed by atoms with van der Waals surface area (Å²) in [5, 5.41) is 18.9. The number of rotatable bonds is 4. The number of aliphatic hydroxyl groups excluding tert-OH is 2. The van der Waals surface area contributed by atoms with Gasteiger partial charge in [-0.3, -0.25) is 0 Å². The van der Waals surface area contributed by atoms with Crippen molar-refractivity contribution in [3.05, 3.63) is 29.3 Å². The van der Waals surface area contributed by atoms with Crippen LogP contribution >= 0.6 is 11.3 Å². The molecule has 0 saturated carbocycles. The number of thiazole rings is 1. The van der Waals surface area contributed by atoms with Crippen LogP contribution in [0.5, 0.6) is 0 Å².